The number of amides is 3. The third-order valence-electron chi connectivity index (χ3n) is 6.06. The highest BCUT2D eigenvalue weighted by molar-refractivity contribution is 8.19. The van der Waals surface area contributed by atoms with E-state index in [1.165, 1.54) is 7.11 Å². The van der Waals surface area contributed by atoms with E-state index >= 15 is 0 Å². The molecule has 4 aliphatic heterocycles. The van der Waals surface area contributed by atoms with Crippen molar-refractivity contribution in [3.8, 4) is 0 Å². The van der Waals surface area contributed by atoms with Crippen LogP contribution in [-0.2, 0) is 20.9 Å². The standard InChI is InChI=1S/C19H22N4O4S2/c1-27-16(25)14-15-19(21-17(26)20-15)18(28-8-5-9-29-18)10-13(24)23(19)22(14)11-12-6-3-2-4-7-12/h2-4,6-7,14-15H,5,8-11H2,1H3,(H2,20,21,26). The van der Waals surface area contributed by atoms with E-state index < -0.39 is 27.8 Å². The average Bonchev–Trinajstić information content (AvgIpc) is 3.27. The molecule has 0 aromatic heterocycles. The molecule has 3 amide bonds. The summed E-state index contributed by atoms with van der Waals surface area (Å²) >= 11 is 3.44. The van der Waals surface area contributed by atoms with Crippen LogP contribution >= 0.6 is 23.5 Å². The van der Waals surface area contributed by atoms with Crippen LogP contribution in [-0.4, -0.2) is 68.4 Å². The van der Waals surface area contributed by atoms with E-state index in [4.69, 9.17) is 4.74 Å². The minimum absolute atomic E-state index is 0.0803. The number of thioether (sulfide) groups is 2. The summed E-state index contributed by atoms with van der Waals surface area (Å²) in [6.45, 7) is 0.369. The molecule has 4 heterocycles. The van der Waals surface area contributed by atoms with Gasteiger partial charge in [-0.15, -0.1) is 23.5 Å². The number of benzene rings is 1. The molecule has 0 aliphatic carbocycles. The molecule has 1 aromatic rings. The summed E-state index contributed by atoms with van der Waals surface area (Å²) in [6, 6.07) is 7.97. The Morgan fingerprint density at radius 1 is 1.24 bits per heavy atom. The number of ether oxygens (including phenoxy) is 1. The summed E-state index contributed by atoms with van der Waals surface area (Å²) in [5, 5.41) is 9.44. The van der Waals surface area contributed by atoms with E-state index in [0.717, 1.165) is 23.5 Å². The highest BCUT2D eigenvalue weighted by atomic mass is 32.2. The van der Waals surface area contributed by atoms with Crippen molar-refractivity contribution in [2.75, 3.05) is 18.6 Å². The Morgan fingerprint density at radius 2 is 1.97 bits per heavy atom. The molecular weight excluding hydrogens is 412 g/mol. The van der Waals surface area contributed by atoms with Crippen LogP contribution in [0.5, 0.6) is 0 Å². The van der Waals surface area contributed by atoms with E-state index in [2.05, 4.69) is 10.6 Å². The van der Waals surface area contributed by atoms with Crippen molar-refractivity contribution in [1.29, 1.82) is 0 Å². The number of carbonyl (C=O) groups is 3. The van der Waals surface area contributed by atoms with Gasteiger partial charge < -0.3 is 15.4 Å². The van der Waals surface area contributed by atoms with E-state index in [1.54, 1.807) is 33.5 Å². The van der Waals surface area contributed by atoms with Crippen LogP contribution in [0.4, 0.5) is 4.79 Å². The number of esters is 1. The third kappa shape index (κ3) is 2.55. The summed E-state index contributed by atoms with van der Waals surface area (Å²) in [6.07, 6.45) is 1.38. The Hall–Kier alpha value is -1.91. The fourth-order valence-corrected chi connectivity index (χ4v) is 8.65. The van der Waals surface area contributed by atoms with Crippen LogP contribution in [0.3, 0.4) is 0 Å². The molecule has 4 fully saturated rings. The van der Waals surface area contributed by atoms with Crippen molar-refractivity contribution < 1.29 is 19.1 Å². The summed E-state index contributed by atoms with van der Waals surface area (Å²) in [5.41, 5.74) is -0.0227. The van der Waals surface area contributed by atoms with Crippen LogP contribution in [0.15, 0.2) is 30.3 Å². The number of rotatable bonds is 3. The van der Waals surface area contributed by atoms with Crippen LogP contribution < -0.4 is 10.6 Å². The normalized spacial score (nSPS) is 32.7. The number of hydrazine groups is 1. The van der Waals surface area contributed by atoms with Gasteiger partial charge in [0.05, 0.1) is 13.5 Å². The monoisotopic (exact) mass is 434 g/mol. The summed E-state index contributed by atoms with van der Waals surface area (Å²) in [7, 11) is 1.34. The molecule has 10 heteroatoms. The molecule has 0 radical (unpaired) electrons. The van der Waals surface area contributed by atoms with Gasteiger partial charge in [0, 0.05) is 6.54 Å². The molecule has 4 saturated heterocycles. The minimum atomic E-state index is -0.995. The highest BCUT2D eigenvalue weighted by Gasteiger charge is 2.79. The number of nitrogens with one attached hydrogen (secondary N) is 2. The summed E-state index contributed by atoms with van der Waals surface area (Å²) in [5.74, 6) is 1.29. The van der Waals surface area contributed by atoms with Crippen molar-refractivity contribution in [3.05, 3.63) is 35.9 Å². The Balaban J connectivity index is 1.64. The van der Waals surface area contributed by atoms with Gasteiger partial charge in [-0.1, -0.05) is 30.3 Å². The van der Waals surface area contributed by atoms with Crippen molar-refractivity contribution >= 4 is 41.4 Å². The fourth-order valence-electron chi connectivity index (χ4n) is 4.98. The molecular formula is C19H22N4O4S2. The van der Waals surface area contributed by atoms with Gasteiger partial charge in [0.15, 0.2) is 11.7 Å². The molecule has 8 nitrogen and oxygen atoms in total. The van der Waals surface area contributed by atoms with E-state index in [0.29, 0.717) is 13.0 Å². The molecule has 3 atom stereocenters. The van der Waals surface area contributed by atoms with E-state index in [-0.39, 0.29) is 11.9 Å². The van der Waals surface area contributed by atoms with Crippen molar-refractivity contribution in [2.45, 2.75) is 41.2 Å². The number of methoxy groups -OCH3 is 1. The van der Waals surface area contributed by atoms with Gasteiger partial charge in [-0.2, -0.15) is 5.01 Å². The molecule has 4 aliphatic rings. The zero-order valence-corrected chi connectivity index (χ0v) is 17.6. The second-order valence-corrected chi connectivity index (χ2v) is 10.6. The maximum absolute atomic E-state index is 13.4. The first-order valence-corrected chi connectivity index (χ1v) is 11.6. The van der Waals surface area contributed by atoms with Gasteiger partial charge in [-0.05, 0) is 23.5 Å². The lowest BCUT2D eigenvalue weighted by Crippen LogP contribution is -2.66. The zero-order chi connectivity index (χ0) is 20.2. The molecule has 2 N–H and O–H groups in total. The second kappa shape index (κ2) is 6.82. The van der Waals surface area contributed by atoms with Crippen molar-refractivity contribution in [1.82, 2.24) is 20.7 Å². The molecule has 2 spiro atoms. The maximum atomic E-state index is 13.4. The Bertz CT molecular complexity index is 863. The predicted octanol–water partition coefficient (Wildman–Crippen LogP) is 1.14. The SMILES string of the molecule is COC(=O)C1C2NC(=O)NC23N(C(=O)CC32SCCCS2)N1Cc1ccccc1. The lowest BCUT2D eigenvalue weighted by Gasteiger charge is -2.45. The van der Waals surface area contributed by atoms with Gasteiger partial charge in [-0.25, -0.2) is 9.80 Å². The van der Waals surface area contributed by atoms with Gasteiger partial charge in [0.25, 0.3) is 0 Å². The van der Waals surface area contributed by atoms with Gasteiger partial charge in [0.1, 0.15) is 10.1 Å². The smallest absolute Gasteiger partial charge is 0.327 e. The quantitative estimate of drug-likeness (QED) is 0.690. The summed E-state index contributed by atoms with van der Waals surface area (Å²) in [4.78, 5) is 38.7. The topological polar surface area (TPSA) is 91.0 Å². The van der Waals surface area contributed by atoms with Crippen LogP contribution in [0.2, 0.25) is 0 Å². The first kappa shape index (κ1) is 19.1. The molecule has 154 valence electrons. The first-order valence-electron chi connectivity index (χ1n) is 9.60. The minimum Gasteiger partial charge on any atom is -0.468 e. The molecule has 0 bridgehead atoms. The van der Waals surface area contributed by atoms with Crippen LogP contribution in [0.1, 0.15) is 18.4 Å². The van der Waals surface area contributed by atoms with Gasteiger partial charge in [-0.3, -0.25) is 9.59 Å². The van der Waals surface area contributed by atoms with E-state index in [9.17, 15) is 14.4 Å². The predicted molar refractivity (Wildman–Crippen MR) is 110 cm³/mol. The lowest BCUT2D eigenvalue weighted by atomic mass is 9.94. The second-order valence-electron chi connectivity index (χ2n) is 7.58. The number of urea groups is 1. The van der Waals surface area contributed by atoms with Crippen LogP contribution in [0.25, 0.3) is 0 Å². The van der Waals surface area contributed by atoms with Crippen LogP contribution in [0, 0.1) is 0 Å². The Labute approximate surface area is 177 Å². The number of hydrogen-bond donors (Lipinski definition) is 2. The molecule has 5 rings (SSSR count). The number of carbonyl (C=O) groups excluding carboxylic acids is 3. The molecule has 3 unspecified atom stereocenters. The van der Waals surface area contributed by atoms with E-state index in [1.807, 2.05) is 30.3 Å². The fraction of sp³-hybridized carbons (Fsp3) is 0.526. The third-order valence-corrected chi connectivity index (χ3v) is 9.60. The zero-order valence-electron chi connectivity index (χ0n) is 15.9. The highest BCUT2D eigenvalue weighted by Crippen LogP contribution is 2.62. The average molecular weight is 435 g/mol. The maximum Gasteiger partial charge on any atom is 0.327 e. The van der Waals surface area contributed by atoms with Gasteiger partial charge >= 0.3 is 12.0 Å². The molecule has 1 aromatic carbocycles. The molecule has 0 saturated carbocycles. The lowest BCUT2D eigenvalue weighted by molar-refractivity contribution is -0.160. The largest absolute Gasteiger partial charge is 0.468 e. The van der Waals surface area contributed by atoms with Gasteiger partial charge in [0.2, 0.25) is 5.91 Å². The summed E-state index contributed by atoms with van der Waals surface area (Å²) < 4.78 is 4.57. The Kier molecular flexibility index (Phi) is 4.48. The number of hydrogen-bond acceptors (Lipinski definition) is 7. The molecule has 29 heavy (non-hydrogen) atoms. The Morgan fingerprint density at radius 3 is 2.66 bits per heavy atom. The van der Waals surface area contributed by atoms with Crippen molar-refractivity contribution in [2.24, 2.45) is 0 Å². The van der Waals surface area contributed by atoms with Crippen molar-refractivity contribution in [3.63, 3.8) is 0 Å². The first-order chi connectivity index (χ1) is 14.0. The number of nitrogens with zero attached hydrogens (tertiary/aromatic N) is 2.